The van der Waals surface area contributed by atoms with Crippen LogP contribution < -0.4 is 0 Å². The summed E-state index contributed by atoms with van der Waals surface area (Å²) >= 11 is 0.347. The van der Waals surface area contributed by atoms with Crippen molar-refractivity contribution in [2.45, 2.75) is 6.92 Å². The molecule has 3 nitrogen and oxygen atoms in total. The second-order valence-electron chi connectivity index (χ2n) is 1.92. The van der Waals surface area contributed by atoms with E-state index in [0.29, 0.717) is 18.3 Å². The van der Waals surface area contributed by atoms with E-state index in [1.54, 1.807) is 12.4 Å². The summed E-state index contributed by atoms with van der Waals surface area (Å²) in [6.07, 6.45) is 3.57. The van der Waals surface area contributed by atoms with Crippen molar-refractivity contribution in [2.24, 2.45) is 0 Å². The Bertz CT molecular complexity index is 209. The average Bonchev–Trinajstić information content (AvgIpc) is 1.87. The number of hydrogen-bond donors (Lipinski definition) is 1. The predicted molar refractivity (Wildman–Crippen MR) is 37.0 cm³/mol. The van der Waals surface area contributed by atoms with E-state index in [1.807, 2.05) is 19.1 Å². The van der Waals surface area contributed by atoms with Gasteiger partial charge >= 0.3 is 32.8 Å². The van der Waals surface area contributed by atoms with Crippen LogP contribution >= 0.6 is 0 Å². The van der Waals surface area contributed by atoms with E-state index in [1.165, 1.54) is 5.56 Å². The molecule has 0 atom stereocenters. The quantitative estimate of drug-likeness (QED) is 0.652. The van der Waals surface area contributed by atoms with E-state index in [-0.39, 0.29) is 0 Å². The fourth-order valence-electron chi connectivity index (χ4n) is 0.426. The molecular weight excluding hydrogens is 195 g/mol. The molecule has 0 amide bonds. The van der Waals surface area contributed by atoms with Crippen LogP contribution in [0.5, 0.6) is 0 Å². The number of rotatable bonds is 0. The van der Waals surface area contributed by atoms with Crippen LogP contribution in [0.25, 0.3) is 0 Å². The summed E-state index contributed by atoms with van der Waals surface area (Å²) in [5.41, 5.74) is 1.26. The van der Waals surface area contributed by atoms with E-state index in [0.717, 1.165) is 0 Å². The minimum absolute atomic E-state index is 0.347. The molecule has 1 aromatic rings. The Morgan fingerprint density at radius 2 is 1.91 bits per heavy atom. The van der Waals surface area contributed by atoms with Crippen molar-refractivity contribution in [3.63, 3.8) is 0 Å². The maximum absolute atomic E-state index is 9.06. The second kappa shape index (κ2) is 5.99. The van der Waals surface area contributed by atoms with Crippen LogP contribution in [0.3, 0.4) is 0 Å². The van der Waals surface area contributed by atoms with Crippen molar-refractivity contribution in [1.29, 1.82) is 0 Å². The van der Waals surface area contributed by atoms with Gasteiger partial charge in [0.05, 0.1) is 0 Å². The molecule has 0 aliphatic rings. The van der Waals surface area contributed by atoms with Crippen molar-refractivity contribution in [3.8, 4) is 0 Å². The predicted octanol–water partition coefficient (Wildman–Crippen LogP) is 1.60. The number of nitrogens with zero attached hydrogens (tertiary/aromatic N) is 1. The first-order valence-electron chi connectivity index (χ1n) is 3.04. The van der Waals surface area contributed by atoms with Crippen LogP contribution in [0.2, 0.25) is 0 Å². The zero-order valence-electron chi connectivity index (χ0n) is 6.32. The Morgan fingerprint density at radius 1 is 1.55 bits per heavy atom. The third-order valence-corrected chi connectivity index (χ3v) is 0.847. The molecule has 0 spiro atoms. The second-order valence-corrected chi connectivity index (χ2v) is 3.19. The summed E-state index contributed by atoms with van der Waals surface area (Å²) in [6, 6.07) is 3.94. The molecule has 1 heterocycles. The summed E-state index contributed by atoms with van der Waals surface area (Å²) in [5, 5.41) is 7.47. The van der Waals surface area contributed by atoms with E-state index < -0.39 is 4.56 Å². The van der Waals surface area contributed by atoms with Gasteiger partial charge < -0.3 is 0 Å². The fourth-order valence-corrected chi connectivity index (χ4v) is 0.426. The summed E-state index contributed by atoms with van der Waals surface area (Å²) in [6.45, 7) is 2.04. The zero-order chi connectivity index (χ0) is 8.69. The SMILES string of the molecule is Cc1ccncc1.O=[C](O)[Zn]. The molecule has 1 rings (SSSR count). The van der Waals surface area contributed by atoms with Gasteiger partial charge in [0.25, 0.3) is 0 Å². The van der Waals surface area contributed by atoms with E-state index >= 15 is 0 Å². The third kappa shape index (κ3) is 9.24. The first kappa shape index (κ1) is 10.2. The number of pyridine rings is 1. The Labute approximate surface area is 75.1 Å². The van der Waals surface area contributed by atoms with Gasteiger partial charge in [0.2, 0.25) is 0 Å². The molecule has 4 heteroatoms. The van der Waals surface area contributed by atoms with Crippen LogP contribution in [0.1, 0.15) is 5.56 Å². The first-order chi connectivity index (χ1) is 5.13. The van der Waals surface area contributed by atoms with Gasteiger partial charge in [0, 0.05) is 12.4 Å². The van der Waals surface area contributed by atoms with Crippen molar-refractivity contribution >= 4 is 4.56 Å². The summed E-state index contributed by atoms with van der Waals surface area (Å²) in [5.74, 6) is 0. The number of carbonyl (C=O) groups is 1. The molecule has 1 N–H and O–H groups in total. The third-order valence-electron chi connectivity index (χ3n) is 0.847. The molecule has 0 unspecified atom stereocenters. The van der Waals surface area contributed by atoms with Crippen LogP contribution in [0.4, 0.5) is 4.79 Å². The molecule has 0 bridgehead atoms. The van der Waals surface area contributed by atoms with Crippen molar-refractivity contribution in [1.82, 2.24) is 4.98 Å². The zero-order valence-corrected chi connectivity index (χ0v) is 9.29. The van der Waals surface area contributed by atoms with Gasteiger partial charge in [-0.1, -0.05) is 0 Å². The van der Waals surface area contributed by atoms with Crippen LogP contribution in [-0.2, 0) is 18.3 Å². The Balaban J connectivity index is 0.000000218. The number of hydrogen-bond acceptors (Lipinski definition) is 2. The molecule has 0 saturated heterocycles. The molecule has 1 aromatic heterocycles. The Morgan fingerprint density at radius 3 is 2.09 bits per heavy atom. The normalized spacial score (nSPS) is 7.91. The van der Waals surface area contributed by atoms with Crippen molar-refractivity contribution in [2.75, 3.05) is 0 Å². The van der Waals surface area contributed by atoms with E-state index in [4.69, 9.17) is 9.90 Å². The summed E-state index contributed by atoms with van der Waals surface area (Å²) in [7, 11) is 0. The minimum atomic E-state index is -0.708. The molecule has 0 aliphatic carbocycles. The monoisotopic (exact) mass is 202 g/mol. The van der Waals surface area contributed by atoms with Crippen LogP contribution in [-0.4, -0.2) is 14.7 Å². The molecule has 0 saturated carbocycles. The van der Waals surface area contributed by atoms with Crippen LogP contribution in [0, 0.1) is 6.92 Å². The summed E-state index contributed by atoms with van der Waals surface area (Å²) < 4.78 is -0.708. The van der Waals surface area contributed by atoms with Gasteiger partial charge in [-0.25, -0.2) is 0 Å². The van der Waals surface area contributed by atoms with E-state index in [2.05, 4.69) is 4.98 Å². The molecule has 11 heavy (non-hydrogen) atoms. The molecular formula is C7H8NO2Zn. The van der Waals surface area contributed by atoms with E-state index in [9.17, 15) is 0 Å². The summed E-state index contributed by atoms with van der Waals surface area (Å²) in [4.78, 5) is 12.9. The molecule has 0 aromatic carbocycles. The molecule has 0 fully saturated rings. The number of carboxylic acid groups (broad SMARTS) is 1. The Kier molecular flexibility index (Phi) is 5.57. The van der Waals surface area contributed by atoms with Crippen molar-refractivity contribution in [3.05, 3.63) is 30.1 Å². The van der Waals surface area contributed by atoms with Gasteiger partial charge in [-0.2, -0.15) is 0 Å². The van der Waals surface area contributed by atoms with Gasteiger partial charge in [0.1, 0.15) is 0 Å². The molecule has 0 radical (unpaired) electrons. The first-order valence-corrected chi connectivity index (χ1v) is 4.53. The van der Waals surface area contributed by atoms with Crippen LogP contribution in [0.15, 0.2) is 24.5 Å². The molecule has 55 valence electrons. The number of aryl methyl sites for hydroxylation is 1. The topological polar surface area (TPSA) is 50.2 Å². The standard InChI is InChI=1S/C6H7N.CHO2.Zn/c1-6-2-4-7-5-3-6;2-1-3;/h2-5H,1H3;(H,2,3);. The van der Waals surface area contributed by atoms with Gasteiger partial charge in [-0.15, -0.1) is 0 Å². The molecule has 0 aliphatic heterocycles. The number of aromatic nitrogens is 1. The maximum atomic E-state index is 9.06. The van der Waals surface area contributed by atoms with Gasteiger partial charge in [0.15, 0.2) is 0 Å². The fraction of sp³-hybridized carbons (Fsp3) is 0.143. The van der Waals surface area contributed by atoms with Gasteiger partial charge in [-0.3, -0.25) is 4.98 Å². The average molecular weight is 204 g/mol. The Hall–Kier alpha value is -0.757. The van der Waals surface area contributed by atoms with Gasteiger partial charge in [-0.05, 0) is 24.6 Å². The van der Waals surface area contributed by atoms with Crippen molar-refractivity contribution < 1.29 is 28.2 Å².